The van der Waals surface area contributed by atoms with Crippen LogP contribution in [0.25, 0.3) is 0 Å². The standard InChI is InChI=1S/C15H22Cl2N4O/c1-2-3-4-18-14(22)11-20-5-7-21(8-6-20)15-13(17)9-12(16)10-19-15/h9-10H,2-8,11H2,1H3,(H,18,22). The summed E-state index contributed by atoms with van der Waals surface area (Å²) in [5.74, 6) is 0.864. The van der Waals surface area contributed by atoms with E-state index in [1.807, 2.05) is 0 Å². The normalized spacial score (nSPS) is 15.9. The molecule has 0 saturated carbocycles. The molecule has 0 atom stereocenters. The van der Waals surface area contributed by atoms with Gasteiger partial charge in [0.15, 0.2) is 0 Å². The van der Waals surface area contributed by atoms with Gasteiger partial charge in [0.1, 0.15) is 5.82 Å². The molecular weight excluding hydrogens is 323 g/mol. The van der Waals surface area contributed by atoms with Gasteiger partial charge >= 0.3 is 0 Å². The zero-order valence-corrected chi connectivity index (χ0v) is 14.3. The summed E-state index contributed by atoms with van der Waals surface area (Å²) in [5.41, 5.74) is 0. The van der Waals surface area contributed by atoms with E-state index >= 15 is 0 Å². The van der Waals surface area contributed by atoms with Gasteiger partial charge in [-0.2, -0.15) is 0 Å². The van der Waals surface area contributed by atoms with Crippen LogP contribution in [0.5, 0.6) is 0 Å². The number of hydrogen-bond acceptors (Lipinski definition) is 4. The largest absolute Gasteiger partial charge is 0.355 e. The highest BCUT2D eigenvalue weighted by Crippen LogP contribution is 2.26. The van der Waals surface area contributed by atoms with E-state index in [4.69, 9.17) is 23.2 Å². The molecule has 0 radical (unpaired) electrons. The molecule has 0 aliphatic carbocycles. The second-order valence-electron chi connectivity index (χ2n) is 5.43. The molecule has 1 aromatic heterocycles. The van der Waals surface area contributed by atoms with Crippen LogP contribution in [-0.2, 0) is 4.79 Å². The first-order chi connectivity index (χ1) is 10.6. The summed E-state index contributed by atoms with van der Waals surface area (Å²) >= 11 is 12.1. The number of halogens is 2. The summed E-state index contributed by atoms with van der Waals surface area (Å²) in [5, 5.41) is 4.05. The average molecular weight is 345 g/mol. The van der Waals surface area contributed by atoms with Gasteiger partial charge in [0, 0.05) is 38.9 Å². The van der Waals surface area contributed by atoms with E-state index in [1.165, 1.54) is 0 Å². The lowest BCUT2D eigenvalue weighted by molar-refractivity contribution is -0.122. The minimum absolute atomic E-state index is 0.101. The minimum atomic E-state index is 0.101. The Hall–Kier alpha value is -1.04. The summed E-state index contributed by atoms with van der Waals surface area (Å²) in [6.07, 6.45) is 3.73. The van der Waals surface area contributed by atoms with Crippen LogP contribution in [0.2, 0.25) is 10.0 Å². The third-order valence-corrected chi connectivity index (χ3v) is 4.16. The Balaban J connectivity index is 1.79. The van der Waals surface area contributed by atoms with E-state index in [9.17, 15) is 4.79 Å². The lowest BCUT2D eigenvalue weighted by Gasteiger charge is -2.35. The summed E-state index contributed by atoms with van der Waals surface area (Å²) in [6.45, 7) is 6.58. The van der Waals surface area contributed by atoms with Crippen LogP contribution in [-0.4, -0.2) is 55.1 Å². The van der Waals surface area contributed by atoms with Gasteiger partial charge in [0.05, 0.1) is 16.6 Å². The molecule has 122 valence electrons. The maximum absolute atomic E-state index is 11.8. The monoisotopic (exact) mass is 344 g/mol. The summed E-state index contributed by atoms with van der Waals surface area (Å²) in [6, 6.07) is 1.71. The van der Waals surface area contributed by atoms with Crippen LogP contribution >= 0.6 is 23.2 Å². The maximum atomic E-state index is 11.8. The van der Waals surface area contributed by atoms with Gasteiger partial charge in [-0.1, -0.05) is 36.5 Å². The molecule has 1 N–H and O–H groups in total. The highest BCUT2D eigenvalue weighted by molar-refractivity contribution is 6.36. The number of piperazine rings is 1. The average Bonchev–Trinajstić information content (AvgIpc) is 2.49. The fourth-order valence-corrected chi connectivity index (χ4v) is 2.92. The maximum Gasteiger partial charge on any atom is 0.234 e. The quantitative estimate of drug-likeness (QED) is 0.805. The lowest BCUT2D eigenvalue weighted by atomic mass is 10.3. The van der Waals surface area contributed by atoms with Gasteiger partial charge in [-0.25, -0.2) is 4.98 Å². The number of amides is 1. The third kappa shape index (κ3) is 5.00. The molecule has 2 heterocycles. The Morgan fingerprint density at radius 3 is 2.68 bits per heavy atom. The van der Waals surface area contributed by atoms with Crippen LogP contribution < -0.4 is 10.2 Å². The molecule has 1 amide bonds. The predicted molar refractivity (Wildman–Crippen MR) is 90.8 cm³/mol. The van der Waals surface area contributed by atoms with Crippen molar-refractivity contribution in [3.05, 3.63) is 22.3 Å². The summed E-state index contributed by atoms with van der Waals surface area (Å²) < 4.78 is 0. The molecule has 1 saturated heterocycles. The van der Waals surface area contributed by atoms with Crippen molar-refractivity contribution in [2.45, 2.75) is 19.8 Å². The second-order valence-corrected chi connectivity index (χ2v) is 6.27. The highest BCUT2D eigenvalue weighted by Gasteiger charge is 2.21. The van der Waals surface area contributed by atoms with Crippen molar-refractivity contribution in [1.29, 1.82) is 0 Å². The fourth-order valence-electron chi connectivity index (χ4n) is 2.42. The first-order valence-corrected chi connectivity index (χ1v) is 8.40. The molecule has 22 heavy (non-hydrogen) atoms. The molecule has 1 aliphatic heterocycles. The zero-order chi connectivity index (χ0) is 15.9. The number of aromatic nitrogens is 1. The number of carbonyl (C=O) groups is 1. The molecule has 0 aromatic carbocycles. The van der Waals surface area contributed by atoms with Gasteiger partial charge in [0.25, 0.3) is 0 Å². The molecule has 0 unspecified atom stereocenters. The Morgan fingerprint density at radius 2 is 2.05 bits per heavy atom. The summed E-state index contributed by atoms with van der Waals surface area (Å²) in [4.78, 5) is 20.4. The molecule has 0 bridgehead atoms. The van der Waals surface area contributed by atoms with Crippen LogP contribution in [0.15, 0.2) is 12.3 Å². The Labute approximate surface area is 141 Å². The third-order valence-electron chi connectivity index (χ3n) is 3.68. The topological polar surface area (TPSA) is 48.5 Å². The van der Waals surface area contributed by atoms with E-state index in [0.717, 1.165) is 51.4 Å². The van der Waals surface area contributed by atoms with Crippen molar-refractivity contribution >= 4 is 34.9 Å². The van der Waals surface area contributed by atoms with Crippen LogP contribution in [0, 0.1) is 0 Å². The van der Waals surface area contributed by atoms with Crippen molar-refractivity contribution in [2.24, 2.45) is 0 Å². The summed E-state index contributed by atoms with van der Waals surface area (Å²) in [7, 11) is 0. The van der Waals surface area contributed by atoms with Crippen LogP contribution in [0.4, 0.5) is 5.82 Å². The first kappa shape index (κ1) is 17.3. The van der Waals surface area contributed by atoms with Crippen molar-refractivity contribution in [3.8, 4) is 0 Å². The molecule has 1 fully saturated rings. The number of hydrogen-bond donors (Lipinski definition) is 1. The van der Waals surface area contributed by atoms with Gasteiger partial charge in [0.2, 0.25) is 5.91 Å². The molecule has 5 nitrogen and oxygen atoms in total. The number of nitrogens with one attached hydrogen (secondary N) is 1. The Bertz CT molecular complexity index is 504. The number of pyridine rings is 1. The smallest absolute Gasteiger partial charge is 0.234 e. The molecular formula is C15H22Cl2N4O. The van der Waals surface area contributed by atoms with E-state index in [-0.39, 0.29) is 5.91 Å². The zero-order valence-electron chi connectivity index (χ0n) is 12.8. The van der Waals surface area contributed by atoms with Gasteiger partial charge in [-0.05, 0) is 12.5 Å². The Kier molecular flexibility index (Phi) is 6.73. The van der Waals surface area contributed by atoms with E-state index in [2.05, 4.69) is 27.0 Å². The molecule has 0 spiro atoms. The minimum Gasteiger partial charge on any atom is -0.355 e. The molecule has 1 aromatic rings. The second kappa shape index (κ2) is 8.56. The van der Waals surface area contributed by atoms with Gasteiger partial charge < -0.3 is 10.2 Å². The SMILES string of the molecule is CCCCNC(=O)CN1CCN(c2ncc(Cl)cc2Cl)CC1. The van der Waals surface area contributed by atoms with Crippen LogP contribution in [0.1, 0.15) is 19.8 Å². The highest BCUT2D eigenvalue weighted by atomic mass is 35.5. The number of anilines is 1. The van der Waals surface area contributed by atoms with Crippen molar-refractivity contribution < 1.29 is 4.79 Å². The van der Waals surface area contributed by atoms with Gasteiger partial charge in [-0.3, -0.25) is 9.69 Å². The molecule has 7 heteroatoms. The van der Waals surface area contributed by atoms with Crippen molar-refractivity contribution in [1.82, 2.24) is 15.2 Å². The predicted octanol–water partition coefficient (Wildman–Crippen LogP) is 2.43. The number of nitrogens with zero attached hydrogens (tertiary/aromatic N) is 3. The fraction of sp³-hybridized carbons (Fsp3) is 0.600. The molecule has 2 rings (SSSR count). The van der Waals surface area contributed by atoms with E-state index in [0.29, 0.717) is 16.6 Å². The number of carbonyl (C=O) groups excluding carboxylic acids is 1. The molecule has 1 aliphatic rings. The van der Waals surface area contributed by atoms with Crippen molar-refractivity contribution in [3.63, 3.8) is 0 Å². The first-order valence-electron chi connectivity index (χ1n) is 7.65. The van der Waals surface area contributed by atoms with E-state index in [1.54, 1.807) is 12.3 Å². The van der Waals surface area contributed by atoms with Crippen molar-refractivity contribution in [2.75, 3.05) is 44.2 Å². The Morgan fingerprint density at radius 1 is 1.32 bits per heavy atom. The number of rotatable bonds is 6. The van der Waals surface area contributed by atoms with E-state index < -0.39 is 0 Å². The van der Waals surface area contributed by atoms with Crippen LogP contribution in [0.3, 0.4) is 0 Å². The lowest BCUT2D eigenvalue weighted by Crippen LogP contribution is -2.49. The number of unbranched alkanes of at least 4 members (excludes halogenated alkanes) is 1. The van der Waals surface area contributed by atoms with Gasteiger partial charge in [-0.15, -0.1) is 0 Å².